The fraction of sp³-hybridized carbons (Fsp3) is 0.429. The molecule has 2 aromatic rings. The largest absolute Gasteiger partial charge is 0.494 e. The molecule has 0 atom stereocenters. The molecule has 0 aliphatic carbocycles. The molecule has 1 aromatic heterocycles. The molecule has 102 valence electrons. The Kier molecular flexibility index (Phi) is 5.21. The molecule has 0 saturated carbocycles. The number of hydrogen-bond donors (Lipinski definition) is 0. The maximum atomic E-state index is 5.63. The van der Waals surface area contributed by atoms with E-state index >= 15 is 0 Å². The number of aromatic nitrogens is 2. The molecule has 0 spiro atoms. The van der Waals surface area contributed by atoms with Crippen LogP contribution in [0.4, 0.5) is 0 Å². The molecule has 0 aliphatic rings. The third-order valence-corrected chi connectivity index (χ3v) is 2.83. The molecule has 0 amide bonds. The second kappa shape index (κ2) is 7.14. The maximum absolute atomic E-state index is 5.63. The lowest BCUT2D eigenvalue weighted by Gasteiger charge is -2.04. The van der Waals surface area contributed by atoms with E-state index in [4.69, 9.17) is 20.8 Å². The first-order chi connectivity index (χ1) is 9.33. The molecule has 0 radical (unpaired) electrons. The van der Waals surface area contributed by atoms with Crippen molar-refractivity contribution in [3.8, 4) is 17.2 Å². The summed E-state index contributed by atoms with van der Waals surface area (Å²) in [4.78, 5) is 0. The molecule has 1 heterocycles. The first-order valence-electron chi connectivity index (χ1n) is 6.45. The van der Waals surface area contributed by atoms with E-state index in [-0.39, 0.29) is 0 Å². The molecule has 4 nitrogen and oxygen atoms in total. The Morgan fingerprint density at radius 2 is 2.00 bits per heavy atom. The Hall–Kier alpha value is -1.55. The van der Waals surface area contributed by atoms with Gasteiger partial charge in [0, 0.05) is 17.9 Å². The Bertz CT molecular complexity index is 496. The minimum atomic E-state index is 0.478. The van der Waals surface area contributed by atoms with E-state index in [2.05, 4.69) is 17.1 Å². The minimum absolute atomic E-state index is 0.478. The molecule has 5 heteroatoms. The zero-order valence-electron chi connectivity index (χ0n) is 10.9. The molecule has 0 saturated heterocycles. The lowest BCUT2D eigenvalue weighted by molar-refractivity contribution is 0.309. The van der Waals surface area contributed by atoms with E-state index in [9.17, 15) is 0 Å². The number of aryl methyl sites for hydroxylation is 1. The predicted octanol–water partition coefficient (Wildman–Crippen LogP) is 3.70. The Morgan fingerprint density at radius 1 is 1.21 bits per heavy atom. The minimum Gasteiger partial charge on any atom is -0.494 e. The van der Waals surface area contributed by atoms with Gasteiger partial charge < -0.3 is 9.15 Å². The highest BCUT2D eigenvalue weighted by atomic mass is 35.5. The van der Waals surface area contributed by atoms with Crippen LogP contribution in [0.3, 0.4) is 0 Å². The van der Waals surface area contributed by atoms with Crippen LogP contribution >= 0.6 is 11.6 Å². The second-order valence-corrected chi connectivity index (χ2v) is 4.54. The van der Waals surface area contributed by atoms with E-state index in [1.54, 1.807) is 0 Å². The van der Waals surface area contributed by atoms with Crippen LogP contribution < -0.4 is 4.74 Å². The van der Waals surface area contributed by atoms with Gasteiger partial charge in [-0.1, -0.05) is 13.3 Å². The number of ether oxygens (including phenoxy) is 1. The average molecular weight is 281 g/mol. The number of alkyl halides is 1. The zero-order valence-corrected chi connectivity index (χ0v) is 11.7. The summed E-state index contributed by atoms with van der Waals surface area (Å²) in [5.74, 6) is 2.41. The lowest BCUT2D eigenvalue weighted by Crippen LogP contribution is -1.95. The van der Waals surface area contributed by atoms with Gasteiger partial charge in [-0.15, -0.1) is 21.8 Å². The summed E-state index contributed by atoms with van der Waals surface area (Å²) in [7, 11) is 0. The Balaban J connectivity index is 2.00. The van der Waals surface area contributed by atoms with Crippen LogP contribution in [0.2, 0.25) is 0 Å². The SMILES string of the molecule is CCCCOc1ccc(-c2nnc(CCCl)o2)cc1. The second-order valence-electron chi connectivity index (χ2n) is 4.17. The number of benzene rings is 1. The third kappa shape index (κ3) is 3.96. The normalized spacial score (nSPS) is 10.6. The van der Waals surface area contributed by atoms with Gasteiger partial charge >= 0.3 is 0 Å². The third-order valence-electron chi connectivity index (χ3n) is 2.64. The molecule has 1 aromatic carbocycles. The van der Waals surface area contributed by atoms with Gasteiger partial charge in [0.25, 0.3) is 0 Å². The molecule has 0 fully saturated rings. The summed E-state index contributed by atoms with van der Waals surface area (Å²) < 4.78 is 11.1. The van der Waals surface area contributed by atoms with Crippen LogP contribution in [0, 0.1) is 0 Å². The molecular weight excluding hydrogens is 264 g/mol. The maximum Gasteiger partial charge on any atom is 0.247 e. The van der Waals surface area contributed by atoms with E-state index < -0.39 is 0 Å². The van der Waals surface area contributed by atoms with Crippen LogP contribution in [-0.2, 0) is 6.42 Å². The summed E-state index contributed by atoms with van der Waals surface area (Å²) in [6.07, 6.45) is 2.78. The summed E-state index contributed by atoms with van der Waals surface area (Å²) in [5, 5.41) is 7.93. The van der Waals surface area contributed by atoms with Gasteiger partial charge in [-0.25, -0.2) is 0 Å². The van der Waals surface area contributed by atoms with E-state index in [1.165, 1.54) is 0 Å². The van der Waals surface area contributed by atoms with Crippen molar-refractivity contribution in [1.82, 2.24) is 10.2 Å². The molecule has 0 bridgehead atoms. The van der Waals surface area contributed by atoms with E-state index in [0.717, 1.165) is 30.8 Å². The van der Waals surface area contributed by atoms with Crippen molar-refractivity contribution in [3.63, 3.8) is 0 Å². The summed E-state index contributed by atoms with van der Waals surface area (Å²) in [5.41, 5.74) is 0.885. The number of unbranched alkanes of at least 4 members (excludes halogenated alkanes) is 1. The van der Waals surface area contributed by atoms with E-state index in [0.29, 0.717) is 24.1 Å². The fourth-order valence-corrected chi connectivity index (χ4v) is 1.74. The summed E-state index contributed by atoms with van der Waals surface area (Å²) >= 11 is 5.63. The van der Waals surface area contributed by atoms with Crippen LogP contribution in [0.5, 0.6) is 5.75 Å². The fourth-order valence-electron chi connectivity index (χ4n) is 1.58. The van der Waals surface area contributed by atoms with E-state index in [1.807, 2.05) is 24.3 Å². The summed E-state index contributed by atoms with van der Waals surface area (Å²) in [6.45, 7) is 2.89. The standard InChI is InChI=1S/C14H17ClN2O2/c1-2-3-10-18-12-6-4-11(5-7-12)14-17-16-13(19-14)8-9-15/h4-7H,2-3,8-10H2,1H3. The van der Waals surface area contributed by atoms with Crippen LogP contribution in [0.15, 0.2) is 28.7 Å². The van der Waals surface area contributed by atoms with Crippen LogP contribution in [0.25, 0.3) is 11.5 Å². The van der Waals surface area contributed by atoms with Crippen molar-refractivity contribution in [2.75, 3.05) is 12.5 Å². The van der Waals surface area contributed by atoms with Gasteiger partial charge in [0.2, 0.25) is 11.8 Å². The quantitative estimate of drug-likeness (QED) is 0.573. The average Bonchev–Trinajstić information content (AvgIpc) is 2.89. The van der Waals surface area contributed by atoms with Crippen LogP contribution in [-0.4, -0.2) is 22.7 Å². The molecular formula is C14H17ClN2O2. The number of halogens is 1. The molecule has 0 unspecified atom stereocenters. The first-order valence-corrected chi connectivity index (χ1v) is 6.98. The summed E-state index contributed by atoms with van der Waals surface area (Å²) in [6, 6.07) is 7.66. The van der Waals surface area contributed by atoms with Gasteiger partial charge in [0.05, 0.1) is 6.61 Å². The highest BCUT2D eigenvalue weighted by Gasteiger charge is 2.08. The van der Waals surface area contributed by atoms with Gasteiger partial charge in [-0.2, -0.15) is 0 Å². The van der Waals surface area contributed by atoms with Gasteiger partial charge in [-0.05, 0) is 30.7 Å². The smallest absolute Gasteiger partial charge is 0.247 e. The molecule has 0 aliphatic heterocycles. The zero-order chi connectivity index (χ0) is 13.5. The van der Waals surface area contributed by atoms with Gasteiger partial charge in [-0.3, -0.25) is 0 Å². The van der Waals surface area contributed by atoms with Crippen molar-refractivity contribution in [2.45, 2.75) is 26.2 Å². The van der Waals surface area contributed by atoms with Crippen molar-refractivity contribution in [2.24, 2.45) is 0 Å². The van der Waals surface area contributed by atoms with Crippen LogP contribution in [0.1, 0.15) is 25.7 Å². The predicted molar refractivity (Wildman–Crippen MR) is 74.6 cm³/mol. The Morgan fingerprint density at radius 3 is 2.68 bits per heavy atom. The first kappa shape index (κ1) is 13.9. The lowest BCUT2D eigenvalue weighted by atomic mass is 10.2. The highest BCUT2D eigenvalue weighted by Crippen LogP contribution is 2.21. The van der Waals surface area contributed by atoms with Gasteiger partial charge in [0.15, 0.2) is 0 Å². The molecule has 0 N–H and O–H groups in total. The van der Waals surface area contributed by atoms with Crippen molar-refractivity contribution >= 4 is 11.6 Å². The van der Waals surface area contributed by atoms with Crippen molar-refractivity contribution < 1.29 is 9.15 Å². The highest BCUT2D eigenvalue weighted by molar-refractivity contribution is 6.17. The number of rotatable bonds is 7. The molecule has 19 heavy (non-hydrogen) atoms. The monoisotopic (exact) mass is 280 g/mol. The number of nitrogens with zero attached hydrogens (tertiary/aromatic N) is 2. The topological polar surface area (TPSA) is 48.2 Å². The Labute approximate surface area is 117 Å². The van der Waals surface area contributed by atoms with Gasteiger partial charge in [0.1, 0.15) is 5.75 Å². The van der Waals surface area contributed by atoms with Crippen molar-refractivity contribution in [3.05, 3.63) is 30.2 Å². The number of hydrogen-bond acceptors (Lipinski definition) is 4. The van der Waals surface area contributed by atoms with Crippen molar-refractivity contribution in [1.29, 1.82) is 0 Å². The molecule has 2 rings (SSSR count).